The van der Waals surface area contributed by atoms with Crippen LogP contribution in [0.2, 0.25) is 0 Å². The Morgan fingerprint density at radius 1 is 1.40 bits per heavy atom. The van der Waals surface area contributed by atoms with Gasteiger partial charge < -0.3 is 15.8 Å². The summed E-state index contributed by atoms with van der Waals surface area (Å²) in [5.41, 5.74) is 6.59. The third-order valence-corrected chi connectivity index (χ3v) is 2.51. The second kappa shape index (κ2) is 5.60. The molecule has 0 atom stereocenters. The van der Waals surface area contributed by atoms with Crippen molar-refractivity contribution in [1.29, 1.82) is 0 Å². The lowest BCUT2D eigenvalue weighted by Crippen LogP contribution is -2.18. The Balaban J connectivity index is 2.33. The second-order valence-corrected chi connectivity index (χ2v) is 4.46. The lowest BCUT2D eigenvalue weighted by Gasteiger charge is -2.12. The molecule has 2 rings (SSSR count). The highest BCUT2D eigenvalue weighted by Gasteiger charge is 2.11. The topological polar surface area (TPSA) is 95.1 Å². The standard InChI is InChI=1S/C13H17N5O2/c1-8(2)20-13-9(14)4-5-11(16-13)18-7-6-10(17-18)12(19)15-3/h4-8H,14H2,1-3H3,(H,15,19). The van der Waals surface area contributed by atoms with Crippen LogP contribution in [0, 0.1) is 0 Å². The van der Waals surface area contributed by atoms with Crippen LogP contribution in [0.25, 0.3) is 5.82 Å². The molecular formula is C13H17N5O2. The minimum absolute atomic E-state index is 0.0286. The van der Waals surface area contributed by atoms with E-state index in [1.807, 2.05) is 13.8 Å². The summed E-state index contributed by atoms with van der Waals surface area (Å²) in [6.07, 6.45) is 1.63. The van der Waals surface area contributed by atoms with Crippen LogP contribution < -0.4 is 15.8 Å². The van der Waals surface area contributed by atoms with Gasteiger partial charge in [0.2, 0.25) is 5.88 Å². The summed E-state index contributed by atoms with van der Waals surface area (Å²) in [5, 5.41) is 6.66. The maximum atomic E-state index is 11.5. The SMILES string of the molecule is CNC(=O)c1ccn(-c2ccc(N)c(OC(C)C)n2)n1. The van der Waals surface area contributed by atoms with Gasteiger partial charge in [-0.1, -0.05) is 0 Å². The number of carbonyl (C=O) groups is 1. The molecule has 2 aromatic heterocycles. The summed E-state index contributed by atoms with van der Waals surface area (Å²) in [4.78, 5) is 15.8. The van der Waals surface area contributed by atoms with Crippen molar-refractivity contribution in [3.63, 3.8) is 0 Å². The Morgan fingerprint density at radius 3 is 2.80 bits per heavy atom. The molecule has 0 fully saturated rings. The first-order valence-electron chi connectivity index (χ1n) is 6.22. The van der Waals surface area contributed by atoms with E-state index in [1.165, 1.54) is 4.68 Å². The number of nitrogens with zero attached hydrogens (tertiary/aromatic N) is 3. The molecule has 2 aromatic rings. The summed E-state index contributed by atoms with van der Waals surface area (Å²) in [5.74, 6) is 0.636. The number of hydrogen-bond donors (Lipinski definition) is 2. The molecule has 0 bridgehead atoms. The van der Waals surface area contributed by atoms with E-state index in [0.29, 0.717) is 23.1 Å². The summed E-state index contributed by atoms with van der Waals surface area (Å²) in [7, 11) is 1.55. The molecule has 0 spiro atoms. The van der Waals surface area contributed by atoms with Crippen LogP contribution in [0.3, 0.4) is 0 Å². The van der Waals surface area contributed by atoms with Crippen molar-refractivity contribution < 1.29 is 9.53 Å². The summed E-state index contributed by atoms with van der Waals surface area (Å²) < 4.78 is 7.02. The molecule has 0 aliphatic heterocycles. The van der Waals surface area contributed by atoms with Crippen LogP contribution in [0.5, 0.6) is 5.88 Å². The lowest BCUT2D eigenvalue weighted by atomic mass is 10.4. The molecule has 0 radical (unpaired) electrons. The molecule has 0 saturated heterocycles. The molecule has 106 valence electrons. The van der Waals surface area contributed by atoms with E-state index >= 15 is 0 Å². The van der Waals surface area contributed by atoms with Gasteiger partial charge in [-0.25, -0.2) is 4.68 Å². The van der Waals surface area contributed by atoms with Gasteiger partial charge in [-0.3, -0.25) is 4.79 Å². The van der Waals surface area contributed by atoms with Crippen molar-refractivity contribution in [2.24, 2.45) is 0 Å². The maximum absolute atomic E-state index is 11.5. The molecule has 7 heteroatoms. The fourth-order valence-corrected chi connectivity index (χ4v) is 1.59. The zero-order chi connectivity index (χ0) is 14.7. The van der Waals surface area contributed by atoms with E-state index in [-0.39, 0.29) is 12.0 Å². The fraction of sp³-hybridized carbons (Fsp3) is 0.308. The van der Waals surface area contributed by atoms with Gasteiger partial charge in [0.15, 0.2) is 11.5 Å². The van der Waals surface area contributed by atoms with Crippen LogP contribution >= 0.6 is 0 Å². The average molecular weight is 275 g/mol. The molecule has 2 heterocycles. The summed E-state index contributed by atoms with van der Waals surface area (Å²) in [6.45, 7) is 3.79. The van der Waals surface area contributed by atoms with Gasteiger partial charge in [-0.15, -0.1) is 0 Å². The van der Waals surface area contributed by atoms with Crippen LogP contribution in [0.15, 0.2) is 24.4 Å². The van der Waals surface area contributed by atoms with Crippen LogP contribution in [-0.4, -0.2) is 33.8 Å². The summed E-state index contributed by atoms with van der Waals surface area (Å²) in [6, 6.07) is 5.02. The number of aromatic nitrogens is 3. The van der Waals surface area contributed by atoms with Crippen molar-refractivity contribution in [1.82, 2.24) is 20.1 Å². The molecule has 0 aliphatic carbocycles. The second-order valence-electron chi connectivity index (χ2n) is 4.46. The predicted octanol–water partition coefficient (Wildman–Crippen LogP) is 0.996. The number of ether oxygens (including phenoxy) is 1. The normalized spacial score (nSPS) is 10.6. The fourth-order valence-electron chi connectivity index (χ4n) is 1.59. The lowest BCUT2D eigenvalue weighted by molar-refractivity contribution is 0.0957. The van der Waals surface area contributed by atoms with E-state index in [1.54, 1.807) is 31.4 Å². The van der Waals surface area contributed by atoms with Crippen LogP contribution in [-0.2, 0) is 0 Å². The van der Waals surface area contributed by atoms with E-state index in [0.717, 1.165) is 0 Å². The monoisotopic (exact) mass is 275 g/mol. The third-order valence-electron chi connectivity index (χ3n) is 2.51. The quantitative estimate of drug-likeness (QED) is 0.867. The van der Waals surface area contributed by atoms with Crippen molar-refractivity contribution in [3.8, 4) is 11.7 Å². The van der Waals surface area contributed by atoms with E-state index in [4.69, 9.17) is 10.5 Å². The largest absolute Gasteiger partial charge is 0.473 e. The Hall–Kier alpha value is -2.57. The highest BCUT2D eigenvalue weighted by atomic mass is 16.5. The number of anilines is 1. The maximum Gasteiger partial charge on any atom is 0.271 e. The Kier molecular flexibility index (Phi) is 3.88. The van der Waals surface area contributed by atoms with Gasteiger partial charge in [0.25, 0.3) is 5.91 Å². The minimum atomic E-state index is -0.252. The average Bonchev–Trinajstić information content (AvgIpc) is 2.89. The number of pyridine rings is 1. The van der Waals surface area contributed by atoms with Gasteiger partial charge in [0.1, 0.15) is 0 Å². The van der Waals surface area contributed by atoms with Crippen LogP contribution in [0.1, 0.15) is 24.3 Å². The first kappa shape index (κ1) is 13.9. The van der Waals surface area contributed by atoms with Gasteiger partial charge in [-0.2, -0.15) is 10.1 Å². The first-order valence-corrected chi connectivity index (χ1v) is 6.22. The number of amides is 1. The zero-order valence-corrected chi connectivity index (χ0v) is 11.6. The third kappa shape index (κ3) is 2.87. The molecule has 0 aliphatic rings. The van der Waals surface area contributed by atoms with Gasteiger partial charge >= 0.3 is 0 Å². The molecule has 0 saturated carbocycles. The van der Waals surface area contributed by atoms with Gasteiger partial charge in [0, 0.05) is 13.2 Å². The van der Waals surface area contributed by atoms with E-state index in [2.05, 4.69) is 15.4 Å². The number of nitrogen functional groups attached to an aromatic ring is 1. The zero-order valence-electron chi connectivity index (χ0n) is 11.6. The van der Waals surface area contributed by atoms with Crippen molar-refractivity contribution in [2.45, 2.75) is 20.0 Å². The molecule has 0 unspecified atom stereocenters. The van der Waals surface area contributed by atoms with E-state index < -0.39 is 0 Å². The van der Waals surface area contributed by atoms with Gasteiger partial charge in [-0.05, 0) is 32.0 Å². The van der Waals surface area contributed by atoms with Crippen molar-refractivity contribution >= 4 is 11.6 Å². The van der Waals surface area contributed by atoms with Crippen molar-refractivity contribution in [2.75, 3.05) is 12.8 Å². The molecular weight excluding hydrogens is 258 g/mol. The number of hydrogen-bond acceptors (Lipinski definition) is 5. The molecule has 20 heavy (non-hydrogen) atoms. The number of nitrogens with one attached hydrogen (secondary N) is 1. The molecule has 0 aromatic carbocycles. The number of nitrogens with two attached hydrogens (primary N) is 1. The molecule has 3 N–H and O–H groups in total. The minimum Gasteiger partial charge on any atom is -0.473 e. The molecule has 7 nitrogen and oxygen atoms in total. The number of carbonyl (C=O) groups excluding carboxylic acids is 1. The Labute approximate surface area is 116 Å². The smallest absolute Gasteiger partial charge is 0.271 e. The number of rotatable bonds is 4. The van der Waals surface area contributed by atoms with E-state index in [9.17, 15) is 4.79 Å². The summed E-state index contributed by atoms with van der Waals surface area (Å²) >= 11 is 0. The Bertz CT molecular complexity index is 621. The van der Waals surface area contributed by atoms with Crippen LogP contribution in [0.4, 0.5) is 5.69 Å². The van der Waals surface area contributed by atoms with Gasteiger partial charge in [0.05, 0.1) is 11.8 Å². The highest BCUT2D eigenvalue weighted by molar-refractivity contribution is 5.91. The predicted molar refractivity (Wildman–Crippen MR) is 74.9 cm³/mol. The molecule has 1 amide bonds. The highest BCUT2D eigenvalue weighted by Crippen LogP contribution is 2.21. The Morgan fingerprint density at radius 2 is 2.15 bits per heavy atom. The first-order chi connectivity index (χ1) is 9.51. The van der Waals surface area contributed by atoms with Crippen molar-refractivity contribution in [3.05, 3.63) is 30.1 Å².